The molecule has 0 unspecified atom stereocenters. The summed E-state index contributed by atoms with van der Waals surface area (Å²) in [5.74, 6) is -0.644. The second kappa shape index (κ2) is 9.32. The summed E-state index contributed by atoms with van der Waals surface area (Å²) in [6, 6.07) is 12.7. The highest BCUT2D eigenvalue weighted by atomic mass is 16.5. The normalized spacial score (nSPS) is 10.2. The van der Waals surface area contributed by atoms with Gasteiger partial charge in [-0.1, -0.05) is 0 Å². The topological polar surface area (TPSA) is 111 Å². The fourth-order valence-corrected chi connectivity index (χ4v) is 2.47. The van der Waals surface area contributed by atoms with Crippen molar-refractivity contribution in [3.63, 3.8) is 0 Å². The standard InChI is InChI=1S/C21H19N3O5/c1-2-28-21(27)14-5-7-16(8-6-14)24-19(25)15-9-10-22-18(12-15)20(26)23-13-17-4-3-11-29-17/h3-12H,2,13H2,1H3,(H,23,26)(H,24,25). The second-order valence-electron chi connectivity index (χ2n) is 5.94. The van der Waals surface area contributed by atoms with Crippen molar-refractivity contribution >= 4 is 23.5 Å². The third-order valence-corrected chi connectivity index (χ3v) is 3.91. The molecule has 1 aromatic carbocycles. The van der Waals surface area contributed by atoms with E-state index in [1.54, 1.807) is 43.3 Å². The van der Waals surface area contributed by atoms with Crippen molar-refractivity contribution < 1.29 is 23.5 Å². The van der Waals surface area contributed by atoms with E-state index in [9.17, 15) is 14.4 Å². The molecule has 0 aliphatic heterocycles. The van der Waals surface area contributed by atoms with Crippen molar-refractivity contribution in [2.75, 3.05) is 11.9 Å². The minimum Gasteiger partial charge on any atom is -0.467 e. The molecule has 0 fully saturated rings. The summed E-state index contributed by atoms with van der Waals surface area (Å²) in [6.45, 7) is 2.24. The molecule has 8 heteroatoms. The van der Waals surface area contributed by atoms with Crippen LogP contribution in [0.1, 0.15) is 43.9 Å². The van der Waals surface area contributed by atoms with Crippen molar-refractivity contribution in [1.29, 1.82) is 0 Å². The average molecular weight is 393 g/mol. The lowest BCUT2D eigenvalue weighted by Crippen LogP contribution is -2.24. The molecule has 3 rings (SSSR count). The van der Waals surface area contributed by atoms with E-state index in [1.807, 2.05) is 0 Å². The number of benzene rings is 1. The van der Waals surface area contributed by atoms with Gasteiger partial charge in [0.05, 0.1) is 25.0 Å². The summed E-state index contributed by atoms with van der Waals surface area (Å²) in [5.41, 5.74) is 1.28. The van der Waals surface area contributed by atoms with Crippen molar-refractivity contribution in [3.05, 3.63) is 83.6 Å². The van der Waals surface area contributed by atoms with Crippen LogP contribution in [0.3, 0.4) is 0 Å². The molecule has 148 valence electrons. The van der Waals surface area contributed by atoms with E-state index >= 15 is 0 Å². The van der Waals surface area contributed by atoms with Gasteiger partial charge in [-0.05, 0) is 55.5 Å². The summed E-state index contributed by atoms with van der Waals surface area (Å²) in [4.78, 5) is 40.4. The van der Waals surface area contributed by atoms with Crippen molar-refractivity contribution in [2.45, 2.75) is 13.5 Å². The Hall–Kier alpha value is -3.94. The van der Waals surface area contributed by atoms with E-state index in [0.29, 0.717) is 17.0 Å². The van der Waals surface area contributed by atoms with E-state index in [1.165, 1.54) is 24.6 Å². The van der Waals surface area contributed by atoms with Gasteiger partial charge < -0.3 is 19.8 Å². The Morgan fingerprint density at radius 2 is 1.83 bits per heavy atom. The highest BCUT2D eigenvalue weighted by molar-refractivity contribution is 6.05. The first-order valence-electron chi connectivity index (χ1n) is 8.92. The maximum absolute atomic E-state index is 12.5. The first-order chi connectivity index (χ1) is 14.1. The molecule has 2 aromatic heterocycles. The van der Waals surface area contributed by atoms with Crippen molar-refractivity contribution in [3.8, 4) is 0 Å². The Kier molecular flexibility index (Phi) is 6.36. The maximum atomic E-state index is 12.5. The van der Waals surface area contributed by atoms with Crippen LogP contribution in [0.2, 0.25) is 0 Å². The first kappa shape index (κ1) is 19.8. The van der Waals surface area contributed by atoms with E-state index in [2.05, 4.69) is 15.6 Å². The zero-order valence-corrected chi connectivity index (χ0v) is 15.7. The molecule has 0 bridgehead atoms. The number of hydrogen-bond donors (Lipinski definition) is 2. The van der Waals surface area contributed by atoms with Crippen LogP contribution in [-0.4, -0.2) is 29.4 Å². The number of nitrogens with zero attached hydrogens (tertiary/aromatic N) is 1. The van der Waals surface area contributed by atoms with Crippen LogP contribution < -0.4 is 10.6 Å². The van der Waals surface area contributed by atoms with Crippen molar-refractivity contribution in [1.82, 2.24) is 10.3 Å². The molecule has 0 radical (unpaired) electrons. The first-order valence-corrected chi connectivity index (χ1v) is 8.92. The molecule has 0 atom stereocenters. The quantitative estimate of drug-likeness (QED) is 0.597. The predicted octanol–water partition coefficient (Wildman–Crippen LogP) is 3.03. The lowest BCUT2D eigenvalue weighted by molar-refractivity contribution is 0.0526. The van der Waals surface area contributed by atoms with Crippen LogP contribution in [0.5, 0.6) is 0 Å². The largest absolute Gasteiger partial charge is 0.467 e. The van der Waals surface area contributed by atoms with Gasteiger partial charge in [0.15, 0.2) is 0 Å². The number of nitrogens with one attached hydrogen (secondary N) is 2. The number of aromatic nitrogens is 1. The number of amides is 2. The zero-order valence-electron chi connectivity index (χ0n) is 15.7. The summed E-state index contributed by atoms with van der Waals surface area (Å²) in [6.07, 6.45) is 2.91. The van der Waals surface area contributed by atoms with E-state index < -0.39 is 17.8 Å². The molecule has 29 heavy (non-hydrogen) atoms. The van der Waals surface area contributed by atoms with Crippen LogP contribution in [0.15, 0.2) is 65.4 Å². The predicted molar refractivity (Wildman–Crippen MR) is 104 cm³/mol. The Morgan fingerprint density at radius 3 is 2.52 bits per heavy atom. The summed E-state index contributed by atoms with van der Waals surface area (Å²) >= 11 is 0. The SMILES string of the molecule is CCOC(=O)c1ccc(NC(=O)c2ccnc(C(=O)NCc3ccco3)c2)cc1. The molecule has 0 saturated heterocycles. The smallest absolute Gasteiger partial charge is 0.338 e. The highest BCUT2D eigenvalue weighted by Gasteiger charge is 2.13. The van der Waals surface area contributed by atoms with Gasteiger partial charge in [0.2, 0.25) is 0 Å². The summed E-state index contributed by atoms with van der Waals surface area (Å²) in [5, 5.41) is 5.38. The Balaban J connectivity index is 1.63. The van der Waals surface area contributed by atoms with E-state index in [0.717, 1.165) is 0 Å². The van der Waals surface area contributed by atoms with Gasteiger partial charge in [-0.15, -0.1) is 0 Å². The lowest BCUT2D eigenvalue weighted by atomic mass is 10.1. The maximum Gasteiger partial charge on any atom is 0.338 e. The number of furan rings is 1. The summed E-state index contributed by atoms with van der Waals surface area (Å²) in [7, 11) is 0. The number of esters is 1. The van der Waals surface area contributed by atoms with Crippen LogP contribution in [0, 0.1) is 0 Å². The molecule has 2 N–H and O–H groups in total. The Labute approximate surface area is 166 Å². The molecule has 2 amide bonds. The minimum absolute atomic E-state index is 0.113. The molecule has 3 aromatic rings. The van der Waals surface area contributed by atoms with Gasteiger partial charge in [0.25, 0.3) is 11.8 Å². The average Bonchev–Trinajstić information content (AvgIpc) is 3.26. The number of ether oxygens (including phenoxy) is 1. The van der Waals surface area contributed by atoms with Crippen molar-refractivity contribution in [2.24, 2.45) is 0 Å². The molecule has 0 aliphatic carbocycles. The van der Waals surface area contributed by atoms with Gasteiger partial charge >= 0.3 is 5.97 Å². The van der Waals surface area contributed by atoms with E-state index in [-0.39, 0.29) is 24.4 Å². The van der Waals surface area contributed by atoms with E-state index in [4.69, 9.17) is 9.15 Å². The monoisotopic (exact) mass is 393 g/mol. The van der Waals surface area contributed by atoms with Gasteiger partial charge in [-0.25, -0.2) is 4.79 Å². The van der Waals surface area contributed by atoms with Crippen LogP contribution in [0.25, 0.3) is 0 Å². The summed E-state index contributed by atoms with van der Waals surface area (Å²) < 4.78 is 10.1. The third-order valence-electron chi connectivity index (χ3n) is 3.91. The van der Waals surface area contributed by atoms with Crippen LogP contribution >= 0.6 is 0 Å². The fraction of sp³-hybridized carbons (Fsp3) is 0.143. The molecule has 0 saturated carbocycles. The molecule has 8 nitrogen and oxygen atoms in total. The molecule has 0 spiro atoms. The fourth-order valence-electron chi connectivity index (χ4n) is 2.47. The van der Waals surface area contributed by atoms with Crippen LogP contribution in [0.4, 0.5) is 5.69 Å². The van der Waals surface area contributed by atoms with Gasteiger partial charge in [0.1, 0.15) is 11.5 Å². The molecule has 0 aliphatic rings. The molecular weight excluding hydrogens is 374 g/mol. The molecular formula is C21H19N3O5. The number of hydrogen-bond acceptors (Lipinski definition) is 6. The number of carbonyl (C=O) groups excluding carboxylic acids is 3. The van der Waals surface area contributed by atoms with Gasteiger partial charge in [0, 0.05) is 17.4 Å². The highest BCUT2D eigenvalue weighted by Crippen LogP contribution is 2.13. The number of anilines is 1. The van der Waals surface area contributed by atoms with Gasteiger partial charge in [-0.3, -0.25) is 14.6 Å². The number of pyridine rings is 1. The third kappa shape index (κ3) is 5.29. The Morgan fingerprint density at radius 1 is 1.03 bits per heavy atom. The Bertz CT molecular complexity index is 997. The van der Waals surface area contributed by atoms with Crippen LogP contribution in [-0.2, 0) is 11.3 Å². The van der Waals surface area contributed by atoms with Gasteiger partial charge in [-0.2, -0.15) is 0 Å². The number of rotatable bonds is 7. The number of carbonyl (C=O) groups is 3. The zero-order chi connectivity index (χ0) is 20.6. The minimum atomic E-state index is -0.426. The lowest BCUT2D eigenvalue weighted by Gasteiger charge is -2.08. The molecule has 2 heterocycles. The second-order valence-corrected chi connectivity index (χ2v) is 5.94.